The quantitative estimate of drug-likeness (QED) is 0.654. The minimum atomic E-state index is 0.785. The molecule has 3 heteroatoms. The van der Waals surface area contributed by atoms with Gasteiger partial charge < -0.3 is 15.1 Å². The summed E-state index contributed by atoms with van der Waals surface area (Å²) in [5.41, 5.74) is 0. The van der Waals surface area contributed by atoms with Crippen molar-refractivity contribution in [3.63, 3.8) is 0 Å². The Morgan fingerprint density at radius 3 is 2.47 bits per heavy atom. The van der Waals surface area contributed by atoms with Gasteiger partial charge in [-0.15, -0.1) is 0 Å². The van der Waals surface area contributed by atoms with Gasteiger partial charge in [-0.1, -0.05) is 6.92 Å². The third-order valence-electron chi connectivity index (χ3n) is 3.60. The lowest BCUT2D eigenvalue weighted by Crippen LogP contribution is -2.43. The lowest BCUT2D eigenvalue weighted by molar-refractivity contribution is 0.193. The standard InChI is InChI=1S/C14H31N3/c1-4-9-15-14-7-12-17(13-8-14)11-6-5-10-16(2)3/h14-15H,4-13H2,1-3H3. The lowest BCUT2D eigenvalue weighted by Gasteiger charge is -2.32. The van der Waals surface area contributed by atoms with Gasteiger partial charge in [0.15, 0.2) is 0 Å². The van der Waals surface area contributed by atoms with Crippen molar-refractivity contribution in [1.29, 1.82) is 0 Å². The third-order valence-corrected chi connectivity index (χ3v) is 3.60. The third kappa shape index (κ3) is 7.02. The summed E-state index contributed by atoms with van der Waals surface area (Å²) in [5, 5.41) is 3.64. The number of piperidine rings is 1. The number of hydrogen-bond donors (Lipinski definition) is 1. The summed E-state index contributed by atoms with van der Waals surface area (Å²) in [6, 6.07) is 0.785. The van der Waals surface area contributed by atoms with Crippen molar-refractivity contribution in [2.45, 2.75) is 45.1 Å². The van der Waals surface area contributed by atoms with Crippen molar-refractivity contribution in [2.24, 2.45) is 0 Å². The minimum absolute atomic E-state index is 0.785. The number of hydrogen-bond acceptors (Lipinski definition) is 3. The van der Waals surface area contributed by atoms with Crippen molar-refractivity contribution >= 4 is 0 Å². The molecule has 0 saturated carbocycles. The van der Waals surface area contributed by atoms with Gasteiger partial charge in [-0.3, -0.25) is 0 Å². The van der Waals surface area contributed by atoms with E-state index in [-0.39, 0.29) is 0 Å². The van der Waals surface area contributed by atoms with Gasteiger partial charge in [0.05, 0.1) is 0 Å². The molecule has 0 amide bonds. The second-order valence-corrected chi connectivity index (χ2v) is 5.58. The average Bonchev–Trinajstić information content (AvgIpc) is 2.33. The van der Waals surface area contributed by atoms with Crippen LogP contribution in [-0.2, 0) is 0 Å². The summed E-state index contributed by atoms with van der Waals surface area (Å²) < 4.78 is 0. The Bertz CT molecular complexity index is 174. The number of nitrogens with one attached hydrogen (secondary N) is 1. The maximum absolute atomic E-state index is 3.64. The van der Waals surface area contributed by atoms with Gasteiger partial charge >= 0.3 is 0 Å². The molecular formula is C14H31N3. The van der Waals surface area contributed by atoms with E-state index >= 15 is 0 Å². The summed E-state index contributed by atoms with van der Waals surface area (Å²) in [6.45, 7) is 8.55. The highest BCUT2D eigenvalue weighted by atomic mass is 15.1. The molecule has 17 heavy (non-hydrogen) atoms. The van der Waals surface area contributed by atoms with Crippen LogP contribution in [0.25, 0.3) is 0 Å². The maximum atomic E-state index is 3.64. The van der Waals surface area contributed by atoms with E-state index in [0.717, 1.165) is 6.04 Å². The van der Waals surface area contributed by atoms with Crippen molar-refractivity contribution < 1.29 is 0 Å². The summed E-state index contributed by atoms with van der Waals surface area (Å²) in [6.07, 6.45) is 6.62. The molecule has 0 unspecified atom stereocenters. The van der Waals surface area contributed by atoms with Crippen LogP contribution in [0, 0.1) is 0 Å². The Morgan fingerprint density at radius 1 is 1.18 bits per heavy atom. The summed E-state index contributed by atoms with van der Waals surface area (Å²) in [4.78, 5) is 4.92. The molecular weight excluding hydrogens is 210 g/mol. The van der Waals surface area contributed by atoms with Gasteiger partial charge in [0.25, 0.3) is 0 Å². The van der Waals surface area contributed by atoms with Gasteiger partial charge in [0.2, 0.25) is 0 Å². The zero-order chi connectivity index (χ0) is 12.5. The van der Waals surface area contributed by atoms with Crippen molar-refractivity contribution in [1.82, 2.24) is 15.1 Å². The molecule has 3 nitrogen and oxygen atoms in total. The number of unbranched alkanes of at least 4 members (excludes halogenated alkanes) is 1. The molecule has 0 spiro atoms. The molecule has 0 aromatic rings. The van der Waals surface area contributed by atoms with E-state index < -0.39 is 0 Å². The monoisotopic (exact) mass is 241 g/mol. The SMILES string of the molecule is CCCNC1CCN(CCCCN(C)C)CC1. The summed E-state index contributed by atoms with van der Waals surface area (Å²) in [7, 11) is 4.32. The average molecular weight is 241 g/mol. The highest BCUT2D eigenvalue weighted by Crippen LogP contribution is 2.11. The Balaban J connectivity index is 1.99. The van der Waals surface area contributed by atoms with E-state index in [1.807, 2.05) is 0 Å². The smallest absolute Gasteiger partial charge is 0.00914 e. The number of likely N-dealkylation sites (tertiary alicyclic amines) is 1. The Labute approximate surface area is 108 Å². The van der Waals surface area contributed by atoms with E-state index in [9.17, 15) is 0 Å². The largest absolute Gasteiger partial charge is 0.314 e. The maximum Gasteiger partial charge on any atom is 0.00914 e. The van der Waals surface area contributed by atoms with Gasteiger partial charge in [-0.25, -0.2) is 0 Å². The predicted octanol–water partition coefficient (Wildman–Crippen LogP) is 1.79. The van der Waals surface area contributed by atoms with E-state index in [2.05, 4.69) is 36.1 Å². The van der Waals surface area contributed by atoms with Gasteiger partial charge in [0, 0.05) is 6.04 Å². The molecule has 1 fully saturated rings. The van der Waals surface area contributed by atoms with Gasteiger partial charge in [0.1, 0.15) is 0 Å². The van der Waals surface area contributed by atoms with Crippen molar-refractivity contribution in [3.8, 4) is 0 Å². The Kier molecular flexibility index (Phi) is 7.82. The summed E-state index contributed by atoms with van der Waals surface area (Å²) >= 11 is 0. The van der Waals surface area contributed by atoms with Crippen LogP contribution in [0.5, 0.6) is 0 Å². The fourth-order valence-corrected chi connectivity index (χ4v) is 2.47. The zero-order valence-corrected chi connectivity index (χ0v) is 12.0. The fourth-order valence-electron chi connectivity index (χ4n) is 2.47. The Morgan fingerprint density at radius 2 is 1.88 bits per heavy atom. The highest BCUT2D eigenvalue weighted by molar-refractivity contribution is 4.76. The van der Waals surface area contributed by atoms with Crippen LogP contribution in [0.1, 0.15) is 39.0 Å². The van der Waals surface area contributed by atoms with E-state index in [1.165, 1.54) is 64.8 Å². The molecule has 1 N–H and O–H groups in total. The number of nitrogens with zero attached hydrogens (tertiary/aromatic N) is 2. The van der Waals surface area contributed by atoms with Crippen LogP contribution in [0.4, 0.5) is 0 Å². The van der Waals surface area contributed by atoms with Crippen LogP contribution in [-0.4, -0.2) is 62.7 Å². The molecule has 0 aromatic carbocycles. The first kappa shape index (κ1) is 14.9. The van der Waals surface area contributed by atoms with E-state index in [0.29, 0.717) is 0 Å². The van der Waals surface area contributed by atoms with E-state index in [1.54, 1.807) is 0 Å². The van der Waals surface area contributed by atoms with E-state index in [4.69, 9.17) is 0 Å². The fraction of sp³-hybridized carbons (Fsp3) is 1.00. The topological polar surface area (TPSA) is 18.5 Å². The molecule has 0 atom stereocenters. The molecule has 0 aromatic heterocycles. The van der Waals surface area contributed by atoms with Crippen LogP contribution >= 0.6 is 0 Å². The molecule has 102 valence electrons. The molecule has 1 aliphatic heterocycles. The van der Waals surface area contributed by atoms with Crippen LogP contribution in [0.15, 0.2) is 0 Å². The van der Waals surface area contributed by atoms with Crippen LogP contribution in [0.3, 0.4) is 0 Å². The normalized spacial score (nSPS) is 19.1. The first-order chi connectivity index (χ1) is 8.22. The first-order valence-electron chi connectivity index (χ1n) is 7.33. The van der Waals surface area contributed by atoms with Crippen molar-refractivity contribution in [2.75, 3.05) is 46.8 Å². The number of rotatable bonds is 8. The summed E-state index contributed by atoms with van der Waals surface area (Å²) in [5.74, 6) is 0. The zero-order valence-electron chi connectivity index (χ0n) is 12.0. The predicted molar refractivity (Wildman–Crippen MR) is 75.5 cm³/mol. The molecule has 0 bridgehead atoms. The molecule has 0 radical (unpaired) electrons. The molecule has 1 saturated heterocycles. The van der Waals surface area contributed by atoms with Crippen LogP contribution < -0.4 is 5.32 Å². The first-order valence-corrected chi connectivity index (χ1v) is 7.33. The lowest BCUT2D eigenvalue weighted by atomic mass is 10.0. The molecule has 1 aliphatic rings. The minimum Gasteiger partial charge on any atom is -0.314 e. The Hall–Kier alpha value is -0.120. The van der Waals surface area contributed by atoms with Gasteiger partial charge in [-0.05, 0) is 78.9 Å². The second kappa shape index (κ2) is 8.90. The molecule has 1 rings (SSSR count). The van der Waals surface area contributed by atoms with Crippen LogP contribution in [0.2, 0.25) is 0 Å². The highest BCUT2D eigenvalue weighted by Gasteiger charge is 2.17. The molecule has 1 heterocycles. The van der Waals surface area contributed by atoms with Gasteiger partial charge in [-0.2, -0.15) is 0 Å². The molecule has 0 aliphatic carbocycles. The van der Waals surface area contributed by atoms with Crippen molar-refractivity contribution in [3.05, 3.63) is 0 Å². The second-order valence-electron chi connectivity index (χ2n) is 5.58.